The SMILES string of the molecule is COc1ccc(-c2nnc(N[C@@H]3CCCN(CC(=O)O)C3)cc2C)c(O)c1. The second kappa shape index (κ2) is 8.22. The number of hydrogen-bond acceptors (Lipinski definition) is 7. The second-order valence-corrected chi connectivity index (χ2v) is 6.76. The van der Waals surface area contributed by atoms with Gasteiger partial charge in [0.1, 0.15) is 17.3 Å². The van der Waals surface area contributed by atoms with Gasteiger partial charge in [-0.05, 0) is 50.1 Å². The number of anilines is 1. The number of phenols is 1. The Hall–Kier alpha value is -2.87. The summed E-state index contributed by atoms with van der Waals surface area (Å²) in [6.07, 6.45) is 1.90. The summed E-state index contributed by atoms with van der Waals surface area (Å²) in [4.78, 5) is 12.8. The number of hydrogen-bond donors (Lipinski definition) is 3. The Kier molecular flexibility index (Phi) is 5.75. The Morgan fingerprint density at radius 2 is 2.19 bits per heavy atom. The Morgan fingerprint density at radius 1 is 1.37 bits per heavy atom. The number of phenolic OH excluding ortho intramolecular Hbond substituents is 1. The van der Waals surface area contributed by atoms with Crippen molar-refractivity contribution in [3.8, 4) is 22.8 Å². The zero-order valence-corrected chi connectivity index (χ0v) is 15.5. The van der Waals surface area contributed by atoms with Crippen molar-refractivity contribution in [3.63, 3.8) is 0 Å². The molecular weight excluding hydrogens is 348 g/mol. The van der Waals surface area contributed by atoms with Crippen LogP contribution in [0.2, 0.25) is 0 Å². The first-order chi connectivity index (χ1) is 13.0. The third-order valence-corrected chi connectivity index (χ3v) is 4.66. The van der Waals surface area contributed by atoms with Crippen LogP contribution in [0.1, 0.15) is 18.4 Å². The molecule has 1 aromatic heterocycles. The fourth-order valence-corrected chi connectivity index (χ4v) is 3.38. The highest BCUT2D eigenvalue weighted by molar-refractivity contribution is 5.71. The molecule has 0 radical (unpaired) electrons. The predicted molar refractivity (Wildman–Crippen MR) is 101 cm³/mol. The number of likely N-dealkylation sites (tertiary alicyclic amines) is 1. The number of piperidine rings is 1. The number of carboxylic acid groups (broad SMARTS) is 1. The maximum Gasteiger partial charge on any atom is 0.317 e. The molecule has 3 rings (SSSR count). The molecule has 1 fully saturated rings. The highest BCUT2D eigenvalue weighted by atomic mass is 16.5. The van der Waals surface area contributed by atoms with Gasteiger partial charge in [0, 0.05) is 24.2 Å². The number of ether oxygens (including phenoxy) is 1. The molecule has 2 heterocycles. The maximum atomic E-state index is 10.9. The Labute approximate surface area is 157 Å². The van der Waals surface area contributed by atoms with Crippen LogP contribution < -0.4 is 10.1 Å². The number of nitrogens with zero attached hydrogens (tertiary/aromatic N) is 3. The molecule has 1 aliphatic heterocycles. The van der Waals surface area contributed by atoms with Gasteiger partial charge in [-0.2, -0.15) is 0 Å². The van der Waals surface area contributed by atoms with E-state index < -0.39 is 5.97 Å². The molecular formula is C19H24N4O4. The number of aryl methyl sites for hydroxylation is 1. The molecule has 1 aromatic carbocycles. The van der Waals surface area contributed by atoms with Gasteiger partial charge in [-0.15, -0.1) is 10.2 Å². The highest BCUT2D eigenvalue weighted by Crippen LogP contribution is 2.33. The smallest absolute Gasteiger partial charge is 0.317 e. The van der Waals surface area contributed by atoms with E-state index in [-0.39, 0.29) is 18.3 Å². The quantitative estimate of drug-likeness (QED) is 0.708. The van der Waals surface area contributed by atoms with Gasteiger partial charge in [0.15, 0.2) is 0 Å². The lowest BCUT2D eigenvalue weighted by molar-refractivity contribution is -0.138. The van der Waals surface area contributed by atoms with E-state index >= 15 is 0 Å². The normalized spacial score (nSPS) is 17.5. The number of benzene rings is 1. The molecule has 3 N–H and O–H groups in total. The average molecular weight is 372 g/mol. The van der Waals surface area contributed by atoms with Crippen molar-refractivity contribution in [1.29, 1.82) is 0 Å². The third-order valence-electron chi connectivity index (χ3n) is 4.66. The van der Waals surface area contributed by atoms with E-state index in [1.165, 1.54) is 0 Å². The van der Waals surface area contributed by atoms with Crippen LogP contribution in [-0.4, -0.2) is 64.1 Å². The van der Waals surface area contributed by atoms with E-state index in [2.05, 4.69) is 15.5 Å². The largest absolute Gasteiger partial charge is 0.507 e. The van der Waals surface area contributed by atoms with E-state index in [1.54, 1.807) is 25.3 Å². The van der Waals surface area contributed by atoms with Crippen LogP contribution in [0.5, 0.6) is 11.5 Å². The van der Waals surface area contributed by atoms with Crippen LogP contribution in [0, 0.1) is 6.92 Å². The minimum Gasteiger partial charge on any atom is -0.507 e. The van der Waals surface area contributed by atoms with Gasteiger partial charge in [0.2, 0.25) is 0 Å². The van der Waals surface area contributed by atoms with Gasteiger partial charge in [-0.1, -0.05) is 0 Å². The van der Waals surface area contributed by atoms with Crippen molar-refractivity contribution in [2.75, 3.05) is 32.1 Å². The molecule has 8 nitrogen and oxygen atoms in total. The number of nitrogens with one attached hydrogen (secondary N) is 1. The first-order valence-electron chi connectivity index (χ1n) is 8.88. The lowest BCUT2D eigenvalue weighted by atomic mass is 10.0. The fraction of sp³-hybridized carbons (Fsp3) is 0.421. The number of carbonyl (C=O) groups is 1. The lowest BCUT2D eigenvalue weighted by Gasteiger charge is -2.32. The molecule has 1 aliphatic rings. The Balaban J connectivity index is 1.72. The van der Waals surface area contributed by atoms with Crippen molar-refractivity contribution in [1.82, 2.24) is 15.1 Å². The van der Waals surface area contributed by atoms with Crippen LogP contribution in [0.3, 0.4) is 0 Å². The van der Waals surface area contributed by atoms with Crippen LogP contribution in [0.4, 0.5) is 5.82 Å². The molecule has 144 valence electrons. The number of carboxylic acids is 1. The zero-order valence-electron chi connectivity index (χ0n) is 15.5. The topological polar surface area (TPSA) is 108 Å². The Bertz CT molecular complexity index is 827. The van der Waals surface area contributed by atoms with Crippen LogP contribution in [0.15, 0.2) is 24.3 Å². The van der Waals surface area contributed by atoms with Crippen molar-refractivity contribution in [3.05, 3.63) is 29.8 Å². The third kappa shape index (κ3) is 4.65. The minimum atomic E-state index is -0.810. The second-order valence-electron chi connectivity index (χ2n) is 6.76. The summed E-state index contributed by atoms with van der Waals surface area (Å²) in [5.41, 5.74) is 2.08. The van der Waals surface area contributed by atoms with Gasteiger partial charge >= 0.3 is 5.97 Å². The standard InChI is InChI=1S/C19H24N4O4/c1-12-8-17(20-13-4-3-7-23(10-13)11-18(25)26)21-22-19(12)15-6-5-14(27-2)9-16(15)24/h5-6,8-9,13,24H,3-4,7,10-11H2,1-2H3,(H,20,21)(H,25,26)/t13-/m1/s1. The summed E-state index contributed by atoms with van der Waals surface area (Å²) in [5.74, 6) is 0.494. The van der Waals surface area contributed by atoms with Gasteiger partial charge in [-0.25, -0.2) is 0 Å². The van der Waals surface area contributed by atoms with Crippen molar-refractivity contribution >= 4 is 11.8 Å². The molecule has 0 spiro atoms. The molecule has 8 heteroatoms. The van der Waals surface area contributed by atoms with Crippen molar-refractivity contribution < 1.29 is 19.7 Å². The lowest BCUT2D eigenvalue weighted by Crippen LogP contribution is -2.44. The number of rotatable bonds is 6. The molecule has 0 saturated carbocycles. The van der Waals surface area contributed by atoms with E-state index in [0.717, 1.165) is 24.9 Å². The molecule has 2 aromatic rings. The number of aromatic hydroxyl groups is 1. The van der Waals surface area contributed by atoms with Crippen molar-refractivity contribution in [2.45, 2.75) is 25.8 Å². The van der Waals surface area contributed by atoms with Gasteiger partial charge in [0.25, 0.3) is 0 Å². The monoisotopic (exact) mass is 372 g/mol. The molecule has 0 unspecified atom stereocenters. The summed E-state index contributed by atoms with van der Waals surface area (Å²) in [5, 5.41) is 31.0. The van der Waals surface area contributed by atoms with E-state index in [4.69, 9.17) is 9.84 Å². The summed E-state index contributed by atoms with van der Waals surface area (Å²) in [7, 11) is 1.54. The first kappa shape index (κ1) is 18.9. The van der Waals surface area contributed by atoms with E-state index in [9.17, 15) is 9.90 Å². The fourth-order valence-electron chi connectivity index (χ4n) is 3.38. The molecule has 0 aliphatic carbocycles. The molecule has 27 heavy (non-hydrogen) atoms. The molecule has 0 bridgehead atoms. The van der Waals surface area contributed by atoms with Gasteiger partial charge in [-0.3, -0.25) is 9.69 Å². The molecule has 1 saturated heterocycles. The minimum absolute atomic E-state index is 0.0541. The van der Waals surface area contributed by atoms with Crippen LogP contribution in [0.25, 0.3) is 11.3 Å². The molecule has 0 amide bonds. The molecule has 1 atom stereocenters. The predicted octanol–water partition coefficient (Wildman–Crippen LogP) is 2.13. The summed E-state index contributed by atoms with van der Waals surface area (Å²) in [6, 6.07) is 7.08. The maximum absolute atomic E-state index is 10.9. The number of aromatic nitrogens is 2. The van der Waals surface area contributed by atoms with Crippen LogP contribution >= 0.6 is 0 Å². The number of aliphatic carboxylic acids is 1. The first-order valence-corrected chi connectivity index (χ1v) is 8.88. The number of methoxy groups -OCH3 is 1. The summed E-state index contributed by atoms with van der Waals surface area (Å²) in [6.45, 7) is 3.42. The zero-order chi connectivity index (χ0) is 19.4. The van der Waals surface area contributed by atoms with Gasteiger partial charge in [0.05, 0.1) is 19.3 Å². The summed E-state index contributed by atoms with van der Waals surface area (Å²) < 4.78 is 5.11. The van der Waals surface area contributed by atoms with E-state index in [0.29, 0.717) is 29.4 Å². The highest BCUT2D eigenvalue weighted by Gasteiger charge is 2.22. The van der Waals surface area contributed by atoms with E-state index in [1.807, 2.05) is 17.9 Å². The Morgan fingerprint density at radius 3 is 2.85 bits per heavy atom. The average Bonchev–Trinajstić information content (AvgIpc) is 2.62. The summed E-state index contributed by atoms with van der Waals surface area (Å²) >= 11 is 0. The van der Waals surface area contributed by atoms with Gasteiger partial charge < -0.3 is 20.3 Å². The van der Waals surface area contributed by atoms with Crippen LogP contribution in [-0.2, 0) is 4.79 Å². The van der Waals surface area contributed by atoms with Crippen molar-refractivity contribution in [2.24, 2.45) is 0 Å².